The maximum absolute atomic E-state index is 11.6. The summed E-state index contributed by atoms with van der Waals surface area (Å²) in [5.74, 6) is 0.379. The van der Waals surface area contributed by atoms with Gasteiger partial charge >= 0.3 is 12.0 Å². The van der Waals surface area contributed by atoms with Gasteiger partial charge in [0.05, 0.1) is 0 Å². The number of urea groups is 1. The molecule has 110 valence electrons. The van der Waals surface area contributed by atoms with E-state index >= 15 is 0 Å². The number of rotatable bonds is 7. The van der Waals surface area contributed by atoms with Crippen molar-refractivity contribution in [3.05, 3.63) is 0 Å². The summed E-state index contributed by atoms with van der Waals surface area (Å²) < 4.78 is 0. The van der Waals surface area contributed by atoms with E-state index in [1.807, 2.05) is 18.7 Å². The molecule has 0 bridgehead atoms. The summed E-state index contributed by atoms with van der Waals surface area (Å²) in [4.78, 5) is 22.2. The first-order chi connectivity index (χ1) is 9.11. The lowest BCUT2D eigenvalue weighted by molar-refractivity contribution is -0.138. The summed E-state index contributed by atoms with van der Waals surface area (Å²) in [7, 11) is 0. The molecule has 0 aliphatic carbocycles. The van der Waals surface area contributed by atoms with Crippen LogP contribution in [0.3, 0.4) is 0 Å². The lowest BCUT2D eigenvalue weighted by Crippen LogP contribution is -2.41. The number of nitrogens with one attached hydrogen (secondary N) is 2. The van der Waals surface area contributed by atoms with Gasteiger partial charge in [0.2, 0.25) is 0 Å². The molecule has 0 aromatic carbocycles. The maximum Gasteiger partial charge on any atom is 0.314 e. The van der Waals surface area contributed by atoms with Gasteiger partial charge in [-0.25, -0.2) is 4.79 Å². The van der Waals surface area contributed by atoms with Crippen molar-refractivity contribution < 1.29 is 14.7 Å². The standard InChI is InChI=1S/C13H24N2O3S/c1-2-10(7-12(16)17)8-14-13(18)15-9-11-5-3-4-6-19-11/h10-11H,2-9H2,1H3,(H,16,17)(H2,14,15,18). The van der Waals surface area contributed by atoms with E-state index in [4.69, 9.17) is 5.11 Å². The first-order valence-corrected chi connectivity index (χ1v) is 8.01. The smallest absolute Gasteiger partial charge is 0.314 e. The molecule has 0 spiro atoms. The number of thioether (sulfide) groups is 1. The second kappa shape index (κ2) is 9.07. The molecule has 0 aromatic heterocycles. The van der Waals surface area contributed by atoms with Crippen molar-refractivity contribution in [2.45, 2.75) is 44.3 Å². The molecule has 2 atom stereocenters. The van der Waals surface area contributed by atoms with E-state index in [0.717, 1.165) is 6.42 Å². The lowest BCUT2D eigenvalue weighted by Gasteiger charge is -2.21. The third-order valence-electron chi connectivity index (χ3n) is 3.36. The predicted octanol–water partition coefficient (Wildman–Crippen LogP) is 2.07. The Kier molecular flexibility index (Phi) is 7.70. The number of carboxylic acids is 1. The summed E-state index contributed by atoms with van der Waals surface area (Å²) in [5.41, 5.74) is 0. The van der Waals surface area contributed by atoms with E-state index < -0.39 is 5.97 Å². The SMILES string of the molecule is CCC(CNC(=O)NCC1CCCCS1)CC(=O)O. The van der Waals surface area contributed by atoms with Crippen molar-refractivity contribution >= 4 is 23.8 Å². The molecule has 6 heteroatoms. The molecule has 19 heavy (non-hydrogen) atoms. The van der Waals surface area contributed by atoms with Crippen LogP contribution in [0.25, 0.3) is 0 Å². The van der Waals surface area contributed by atoms with E-state index in [-0.39, 0.29) is 18.4 Å². The second-order valence-electron chi connectivity index (χ2n) is 4.95. The van der Waals surface area contributed by atoms with Crippen LogP contribution in [0.4, 0.5) is 4.79 Å². The number of aliphatic carboxylic acids is 1. The van der Waals surface area contributed by atoms with Gasteiger partial charge in [0.25, 0.3) is 0 Å². The van der Waals surface area contributed by atoms with Crippen LogP contribution >= 0.6 is 11.8 Å². The van der Waals surface area contributed by atoms with Crippen LogP contribution in [0.15, 0.2) is 0 Å². The predicted molar refractivity (Wildman–Crippen MR) is 77.5 cm³/mol. The quantitative estimate of drug-likeness (QED) is 0.670. The number of carbonyl (C=O) groups excluding carboxylic acids is 1. The highest BCUT2D eigenvalue weighted by Gasteiger charge is 2.16. The highest BCUT2D eigenvalue weighted by molar-refractivity contribution is 7.99. The largest absolute Gasteiger partial charge is 0.481 e. The van der Waals surface area contributed by atoms with Crippen molar-refractivity contribution in [2.75, 3.05) is 18.8 Å². The molecule has 0 saturated carbocycles. The van der Waals surface area contributed by atoms with E-state index in [0.29, 0.717) is 18.3 Å². The molecule has 0 aromatic rings. The fourth-order valence-corrected chi connectivity index (χ4v) is 3.32. The highest BCUT2D eigenvalue weighted by Crippen LogP contribution is 2.24. The lowest BCUT2D eigenvalue weighted by atomic mass is 10.0. The highest BCUT2D eigenvalue weighted by atomic mass is 32.2. The summed E-state index contributed by atoms with van der Waals surface area (Å²) in [6.07, 6.45) is 4.56. The Balaban J connectivity index is 2.13. The first kappa shape index (κ1) is 16.1. The number of hydrogen-bond donors (Lipinski definition) is 3. The van der Waals surface area contributed by atoms with Gasteiger partial charge in [-0.3, -0.25) is 4.79 Å². The minimum atomic E-state index is -0.812. The van der Waals surface area contributed by atoms with Crippen molar-refractivity contribution in [3.8, 4) is 0 Å². The Morgan fingerprint density at radius 3 is 2.74 bits per heavy atom. The van der Waals surface area contributed by atoms with Crippen LogP contribution in [0.1, 0.15) is 39.0 Å². The van der Waals surface area contributed by atoms with Gasteiger partial charge in [0.1, 0.15) is 0 Å². The Morgan fingerprint density at radius 1 is 1.37 bits per heavy atom. The van der Waals surface area contributed by atoms with Gasteiger partial charge in [-0.05, 0) is 24.5 Å². The zero-order chi connectivity index (χ0) is 14.1. The van der Waals surface area contributed by atoms with Gasteiger partial charge in [-0.1, -0.05) is 19.8 Å². The van der Waals surface area contributed by atoms with Gasteiger partial charge < -0.3 is 15.7 Å². The van der Waals surface area contributed by atoms with Crippen molar-refractivity contribution in [1.29, 1.82) is 0 Å². The second-order valence-corrected chi connectivity index (χ2v) is 6.36. The summed E-state index contributed by atoms with van der Waals surface area (Å²) in [6, 6.07) is -0.185. The van der Waals surface area contributed by atoms with Crippen LogP contribution in [0.5, 0.6) is 0 Å². The average Bonchev–Trinajstić information content (AvgIpc) is 2.42. The first-order valence-electron chi connectivity index (χ1n) is 6.97. The van der Waals surface area contributed by atoms with Crippen molar-refractivity contribution in [3.63, 3.8) is 0 Å². The fourth-order valence-electron chi connectivity index (χ4n) is 2.08. The molecule has 1 saturated heterocycles. The van der Waals surface area contributed by atoms with Crippen LogP contribution in [0, 0.1) is 5.92 Å². The van der Waals surface area contributed by atoms with Crippen LogP contribution in [-0.2, 0) is 4.79 Å². The normalized spacial score (nSPS) is 20.6. The van der Waals surface area contributed by atoms with Crippen LogP contribution < -0.4 is 10.6 Å². The van der Waals surface area contributed by atoms with Gasteiger partial charge in [0, 0.05) is 24.8 Å². The van der Waals surface area contributed by atoms with Gasteiger partial charge in [-0.15, -0.1) is 0 Å². The monoisotopic (exact) mass is 288 g/mol. The Hall–Kier alpha value is -0.910. The Bertz CT molecular complexity index is 294. The van der Waals surface area contributed by atoms with E-state index in [9.17, 15) is 9.59 Å². The Labute approximate surface area is 118 Å². The van der Waals surface area contributed by atoms with E-state index in [2.05, 4.69) is 10.6 Å². The van der Waals surface area contributed by atoms with E-state index in [1.165, 1.54) is 25.0 Å². The number of carbonyl (C=O) groups is 2. The molecular formula is C13H24N2O3S. The number of amides is 2. The van der Waals surface area contributed by atoms with Gasteiger partial charge in [0.15, 0.2) is 0 Å². The third-order valence-corrected chi connectivity index (χ3v) is 4.75. The summed E-state index contributed by atoms with van der Waals surface area (Å²) >= 11 is 1.92. The molecule has 2 unspecified atom stereocenters. The third kappa shape index (κ3) is 7.30. The molecule has 1 rings (SSSR count). The van der Waals surface area contributed by atoms with Crippen LogP contribution in [0.2, 0.25) is 0 Å². The number of carboxylic acid groups (broad SMARTS) is 1. The van der Waals surface area contributed by atoms with E-state index in [1.54, 1.807) is 0 Å². The number of hydrogen-bond acceptors (Lipinski definition) is 3. The molecule has 0 radical (unpaired) electrons. The zero-order valence-electron chi connectivity index (χ0n) is 11.5. The zero-order valence-corrected chi connectivity index (χ0v) is 12.3. The Morgan fingerprint density at radius 2 is 2.16 bits per heavy atom. The van der Waals surface area contributed by atoms with Crippen LogP contribution in [-0.4, -0.2) is 41.2 Å². The summed E-state index contributed by atoms with van der Waals surface area (Å²) in [5, 5.41) is 14.9. The molecule has 1 aliphatic rings. The topological polar surface area (TPSA) is 78.4 Å². The molecule has 1 fully saturated rings. The maximum atomic E-state index is 11.6. The minimum Gasteiger partial charge on any atom is -0.481 e. The molecule has 5 nitrogen and oxygen atoms in total. The summed E-state index contributed by atoms with van der Waals surface area (Å²) in [6.45, 7) is 3.06. The van der Waals surface area contributed by atoms with Crippen molar-refractivity contribution in [1.82, 2.24) is 10.6 Å². The fraction of sp³-hybridized carbons (Fsp3) is 0.846. The molecule has 3 N–H and O–H groups in total. The molecular weight excluding hydrogens is 264 g/mol. The van der Waals surface area contributed by atoms with Gasteiger partial charge in [-0.2, -0.15) is 11.8 Å². The average molecular weight is 288 g/mol. The molecule has 2 amide bonds. The molecule has 1 aliphatic heterocycles. The molecule has 1 heterocycles. The minimum absolute atomic E-state index is 0.00676. The van der Waals surface area contributed by atoms with Crippen molar-refractivity contribution in [2.24, 2.45) is 5.92 Å².